The van der Waals surface area contributed by atoms with E-state index >= 15 is 0 Å². The largest absolute Gasteiger partial charge is 0.334 e. The van der Waals surface area contributed by atoms with Gasteiger partial charge in [0.1, 0.15) is 0 Å². The summed E-state index contributed by atoms with van der Waals surface area (Å²) in [5.41, 5.74) is 2.87. The van der Waals surface area contributed by atoms with Crippen LogP contribution in [0, 0.1) is 0 Å². The number of imidazole rings is 1. The molecule has 1 heterocycles. The molecule has 0 saturated carbocycles. The third kappa shape index (κ3) is 3.32. The van der Waals surface area contributed by atoms with E-state index in [1.54, 1.807) is 0 Å². The fourth-order valence-electron chi connectivity index (χ4n) is 2.60. The third-order valence-corrected chi connectivity index (χ3v) is 3.89. The van der Waals surface area contributed by atoms with Crippen molar-refractivity contribution < 1.29 is 0 Å². The molecule has 1 atom stereocenters. The topological polar surface area (TPSA) is 29.9 Å². The van der Waals surface area contributed by atoms with Gasteiger partial charge in [-0.2, -0.15) is 0 Å². The van der Waals surface area contributed by atoms with Gasteiger partial charge in [-0.15, -0.1) is 0 Å². The van der Waals surface area contributed by atoms with Crippen LogP contribution in [-0.4, -0.2) is 22.6 Å². The lowest BCUT2D eigenvalue weighted by atomic mass is 10.0. The molecule has 0 amide bonds. The Morgan fingerprint density at radius 1 is 1.35 bits per heavy atom. The minimum absolute atomic E-state index is 0.645. The van der Waals surface area contributed by atoms with E-state index in [2.05, 4.69) is 28.1 Å². The number of fused-ring (bicyclic) bond motifs is 1. The van der Waals surface area contributed by atoms with Gasteiger partial charge in [-0.3, -0.25) is 0 Å². The summed E-state index contributed by atoms with van der Waals surface area (Å²) < 4.78 is 2.39. The third-order valence-electron chi connectivity index (χ3n) is 3.89. The summed E-state index contributed by atoms with van der Waals surface area (Å²) >= 11 is 0. The molecule has 0 aromatic carbocycles. The van der Waals surface area contributed by atoms with Crippen LogP contribution in [0.2, 0.25) is 0 Å². The van der Waals surface area contributed by atoms with Crippen LogP contribution in [0.3, 0.4) is 0 Å². The minimum Gasteiger partial charge on any atom is -0.334 e. The first-order valence-corrected chi connectivity index (χ1v) is 7.01. The van der Waals surface area contributed by atoms with E-state index < -0.39 is 0 Å². The summed E-state index contributed by atoms with van der Waals surface area (Å²) in [5.74, 6) is 0. The van der Waals surface area contributed by atoms with E-state index in [-0.39, 0.29) is 0 Å². The van der Waals surface area contributed by atoms with Gasteiger partial charge in [-0.25, -0.2) is 4.98 Å². The number of rotatable bonds is 6. The summed E-state index contributed by atoms with van der Waals surface area (Å²) in [6.45, 7) is 3.40. The van der Waals surface area contributed by atoms with E-state index in [1.807, 2.05) is 7.05 Å². The number of aromatic nitrogens is 2. The van der Waals surface area contributed by atoms with E-state index in [4.69, 9.17) is 0 Å². The second-order valence-electron chi connectivity index (χ2n) is 5.22. The van der Waals surface area contributed by atoms with Gasteiger partial charge in [0.25, 0.3) is 0 Å². The van der Waals surface area contributed by atoms with Gasteiger partial charge in [0.15, 0.2) is 0 Å². The van der Waals surface area contributed by atoms with Crippen LogP contribution < -0.4 is 5.32 Å². The van der Waals surface area contributed by atoms with E-state index in [1.165, 1.54) is 56.3 Å². The molecule has 1 aliphatic rings. The molecular formula is C14H25N3. The van der Waals surface area contributed by atoms with Crippen LogP contribution in [0.15, 0.2) is 6.33 Å². The Labute approximate surface area is 105 Å². The lowest BCUT2D eigenvalue weighted by molar-refractivity contribution is 0.497. The molecule has 0 fully saturated rings. The van der Waals surface area contributed by atoms with Crippen molar-refractivity contribution in [3.8, 4) is 0 Å². The summed E-state index contributed by atoms with van der Waals surface area (Å²) in [6, 6.07) is 0.645. The highest BCUT2D eigenvalue weighted by Crippen LogP contribution is 2.20. The van der Waals surface area contributed by atoms with Gasteiger partial charge in [0.05, 0.1) is 12.0 Å². The highest BCUT2D eigenvalue weighted by atomic mass is 15.1. The molecule has 0 aliphatic heterocycles. The average molecular weight is 235 g/mol. The molecule has 1 aromatic heterocycles. The first-order valence-electron chi connectivity index (χ1n) is 7.01. The number of nitrogens with one attached hydrogen (secondary N) is 1. The second kappa shape index (κ2) is 6.20. The molecule has 96 valence electrons. The van der Waals surface area contributed by atoms with Gasteiger partial charge >= 0.3 is 0 Å². The maximum absolute atomic E-state index is 4.54. The first kappa shape index (κ1) is 12.6. The van der Waals surface area contributed by atoms with Crippen molar-refractivity contribution in [1.82, 2.24) is 14.9 Å². The monoisotopic (exact) mass is 235 g/mol. The van der Waals surface area contributed by atoms with Gasteiger partial charge in [0.2, 0.25) is 0 Å². The van der Waals surface area contributed by atoms with E-state index in [9.17, 15) is 0 Å². The number of hydrogen-bond donors (Lipinski definition) is 1. The lowest BCUT2D eigenvalue weighted by Gasteiger charge is -2.14. The number of nitrogens with zero attached hydrogens (tertiary/aromatic N) is 2. The normalized spacial score (nSPS) is 16.8. The van der Waals surface area contributed by atoms with Gasteiger partial charge < -0.3 is 9.88 Å². The standard InChI is InChI=1S/C14H25N3/c1-12(15-2)7-5-6-10-17-11-16-13-8-3-4-9-14(13)17/h11-12,15H,3-10H2,1-2H3. The Morgan fingerprint density at radius 3 is 3.00 bits per heavy atom. The Balaban J connectivity index is 1.77. The molecule has 1 unspecified atom stereocenters. The van der Waals surface area contributed by atoms with Crippen molar-refractivity contribution in [3.05, 3.63) is 17.7 Å². The SMILES string of the molecule is CNC(C)CCCCn1cnc2c1CCCC2. The molecule has 3 heteroatoms. The van der Waals surface area contributed by atoms with Crippen molar-refractivity contribution in [2.24, 2.45) is 0 Å². The van der Waals surface area contributed by atoms with Crippen LogP contribution >= 0.6 is 0 Å². The molecule has 0 bridgehead atoms. The number of unbranched alkanes of at least 4 members (excludes halogenated alkanes) is 1. The molecule has 17 heavy (non-hydrogen) atoms. The fraction of sp³-hybridized carbons (Fsp3) is 0.786. The van der Waals surface area contributed by atoms with Crippen molar-refractivity contribution in [2.75, 3.05) is 7.05 Å². The zero-order chi connectivity index (χ0) is 12.1. The molecule has 1 N–H and O–H groups in total. The van der Waals surface area contributed by atoms with Crippen molar-refractivity contribution >= 4 is 0 Å². The smallest absolute Gasteiger partial charge is 0.0951 e. The highest BCUT2D eigenvalue weighted by Gasteiger charge is 2.14. The maximum atomic E-state index is 4.54. The Morgan fingerprint density at radius 2 is 2.18 bits per heavy atom. The predicted octanol–water partition coefficient (Wildman–Crippen LogP) is 2.54. The van der Waals surface area contributed by atoms with E-state index in [0.29, 0.717) is 6.04 Å². The second-order valence-corrected chi connectivity index (χ2v) is 5.22. The quantitative estimate of drug-likeness (QED) is 0.768. The van der Waals surface area contributed by atoms with Crippen LogP contribution in [-0.2, 0) is 19.4 Å². The lowest BCUT2D eigenvalue weighted by Crippen LogP contribution is -2.20. The molecule has 1 aromatic rings. The molecule has 2 rings (SSSR count). The Kier molecular flexibility index (Phi) is 4.60. The zero-order valence-corrected chi connectivity index (χ0v) is 11.2. The van der Waals surface area contributed by atoms with Crippen LogP contribution in [0.5, 0.6) is 0 Å². The maximum Gasteiger partial charge on any atom is 0.0951 e. The van der Waals surface area contributed by atoms with Crippen molar-refractivity contribution in [2.45, 2.75) is 64.5 Å². The molecule has 0 radical (unpaired) electrons. The number of aryl methyl sites for hydroxylation is 2. The van der Waals surface area contributed by atoms with Gasteiger partial charge in [-0.1, -0.05) is 6.42 Å². The summed E-state index contributed by atoms with van der Waals surface area (Å²) in [6.07, 6.45) is 11.0. The van der Waals surface area contributed by atoms with Gasteiger partial charge in [0, 0.05) is 18.3 Å². The minimum atomic E-state index is 0.645. The molecule has 0 saturated heterocycles. The van der Waals surface area contributed by atoms with Crippen LogP contribution in [0.4, 0.5) is 0 Å². The van der Waals surface area contributed by atoms with E-state index in [0.717, 1.165) is 6.54 Å². The predicted molar refractivity (Wildman–Crippen MR) is 71.2 cm³/mol. The summed E-state index contributed by atoms with van der Waals surface area (Å²) in [4.78, 5) is 4.54. The Hall–Kier alpha value is -0.830. The fourth-order valence-corrected chi connectivity index (χ4v) is 2.60. The average Bonchev–Trinajstić information content (AvgIpc) is 2.78. The molecule has 0 spiro atoms. The summed E-state index contributed by atoms with van der Waals surface area (Å²) in [5, 5.41) is 3.29. The molecule has 3 nitrogen and oxygen atoms in total. The van der Waals surface area contributed by atoms with Crippen LogP contribution in [0.25, 0.3) is 0 Å². The summed E-state index contributed by atoms with van der Waals surface area (Å²) in [7, 11) is 2.04. The first-order chi connectivity index (χ1) is 8.31. The van der Waals surface area contributed by atoms with Crippen molar-refractivity contribution in [3.63, 3.8) is 0 Å². The van der Waals surface area contributed by atoms with Crippen molar-refractivity contribution in [1.29, 1.82) is 0 Å². The molecule has 1 aliphatic carbocycles. The number of hydrogen-bond acceptors (Lipinski definition) is 2. The highest BCUT2D eigenvalue weighted by molar-refractivity contribution is 5.16. The van der Waals surface area contributed by atoms with Crippen LogP contribution in [0.1, 0.15) is 50.4 Å². The zero-order valence-electron chi connectivity index (χ0n) is 11.2. The Bertz CT molecular complexity index is 343. The molecular weight excluding hydrogens is 210 g/mol. The van der Waals surface area contributed by atoms with Gasteiger partial charge in [-0.05, 0) is 52.5 Å².